The van der Waals surface area contributed by atoms with E-state index in [0.29, 0.717) is 5.92 Å². The zero-order valence-electron chi connectivity index (χ0n) is 24.1. The highest BCUT2D eigenvalue weighted by atomic mass is 16.7. The Kier molecular flexibility index (Phi) is 8.14. The van der Waals surface area contributed by atoms with Crippen LogP contribution in [0.1, 0.15) is 94.2 Å². The van der Waals surface area contributed by atoms with Crippen molar-refractivity contribution in [1.82, 2.24) is 0 Å². The average molecular weight is 533 g/mol. The molecule has 40 heavy (non-hydrogen) atoms. The van der Waals surface area contributed by atoms with Gasteiger partial charge in [0.05, 0.1) is 0 Å². The standard InChI is InChI=1S/C38H44O2/c1-30-28-35(22-23-36(30)38(26-12-5-13-27-38)32-16-8-3-9-17-32)40-29-39-34-20-18-33(19-21-34)37(24-10-4-11-25-37)31-14-6-2-7-15-31/h2-3,6-9,14-23,30H,4-5,10-13,24-29H2,1H3. The molecule has 2 fully saturated rings. The molecular formula is C38H44O2. The van der Waals surface area contributed by atoms with Crippen molar-refractivity contribution in [3.05, 3.63) is 125 Å². The fourth-order valence-electron chi connectivity index (χ4n) is 7.92. The molecule has 1 atom stereocenters. The Bertz CT molecular complexity index is 1290. The maximum Gasteiger partial charge on any atom is 0.230 e. The first-order chi connectivity index (χ1) is 19.7. The summed E-state index contributed by atoms with van der Waals surface area (Å²) in [5.74, 6) is 2.35. The van der Waals surface area contributed by atoms with Crippen LogP contribution < -0.4 is 4.74 Å². The summed E-state index contributed by atoms with van der Waals surface area (Å²) in [6.07, 6.45) is 18.3. The molecule has 2 heteroatoms. The second-order valence-electron chi connectivity index (χ2n) is 12.3. The lowest BCUT2D eigenvalue weighted by molar-refractivity contribution is 0.0533. The van der Waals surface area contributed by atoms with E-state index >= 15 is 0 Å². The van der Waals surface area contributed by atoms with Gasteiger partial charge in [-0.2, -0.15) is 0 Å². The van der Waals surface area contributed by atoms with Crippen LogP contribution in [-0.2, 0) is 15.6 Å². The molecule has 0 bridgehead atoms. The molecule has 3 aromatic carbocycles. The smallest absolute Gasteiger partial charge is 0.230 e. The Morgan fingerprint density at radius 1 is 0.575 bits per heavy atom. The topological polar surface area (TPSA) is 18.5 Å². The summed E-state index contributed by atoms with van der Waals surface area (Å²) in [5.41, 5.74) is 6.21. The lowest BCUT2D eigenvalue weighted by Crippen LogP contribution is -2.35. The molecule has 0 aliphatic heterocycles. The van der Waals surface area contributed by atoms with Crippen LogP contribution in [0.2, 0.25) is 0 Å². The molecule has 0 N–H and O–H groups in total. The lowest BCUT2D eigenvalue weighted by atomic mass is 9.61. The van der Waals surface area contributed by atoms with Crippen LogP contribution >= 0.6 is 0 Å². The Morgan fingerprint density at radius 3 is 1.68 bits per heavy atom. The summed E-state index contributed by atoms with van der Waals surface area (Å²) >= 11 is 0. The highest BCUT2D eigenvalue weighted by molar-refractivity contribution is 5.43. The molecule has 3 aliphatic rings. The van der Waals surface area contributed by atoms with Gasteiger partial charge in [-0.05, 0) is 66.5 Å². The summed E-state index contributed by atoms with van der Waals surface area (Å²) in [6, 6.07) is 31.1. The van der Waals surface area contributed by atoms with Gasteiger partial charge in [0.1, 0.15) is 11.5 Å². The first kappa shape index (κ1) is 26.9. The van der Waals surface area contributed by atoms with Crippen LogP contribution in [0.3, 0.4) is 0 Å². The molecule has 0 aromatic heterocycles. The summed E-state index contributed by atoms with van der Waals surface area (Å²) in [5, 5.41) is 0. The molecule has 2 nitrogen and oxygen atoms in total. The van der Waals surface area contributed by atoms with Gasteiger partial charge < -0.3 is 9.47 Å². The van der Waals surface area contributed by atoms with Gasteiger partial charge in [0.25, 0.3) is 0 Å². The summed E-state index contributed by atoms with van der Waals surface area (Å²) in [6.45, 7) is 2.61. The van der Waals surface area contributed by atoms with Crippen LogP contribution in [0.5, 0.6) is 5.75 Å². The second kappa shape index (κ2) is 12.1. The van der Waals surface area contributed by atoms with Crippen LogP contribution in [0, 0.1) is 5.92 Å². The fraction of sp³-hybridized carbons (Fsp3) is 0.421. The highest BCUT2D eigenvalue weighted by Gasteiger charge is 2.40. The van der Waals surface area contributed by atoms with Gasteiger partial charge in [-0.1, -0.05) is 130 Å². The van der Waals surface area contributed by atoms with E-state index in [9.17, 15) is 0 Å². The van der Waals surface area contributed by atoms with Gasteiger partial charge in [-0.3, -0.25) is 0 Å². The third kappa shape index (κ3) is 5.38. The molecule has 6 rings (SSSR count). The fourth-order valence-corrected chi connectivity index (χ4v) is 7.92. The highest BCUT2D eigenvalue weighted by Crippen LogP contribution is 2.50. The van der Waals surface area contributed by atoms with Crippen LogP contribution in [-0.4, -0.2) is 6.79 Å². The Balaban J connectivity index is 1.12. The van der Waals surface area contributed by atoms with E-state index in [2.05, 4.69) is 104 Å². The molecule has 0 amide bonds. The Hall–Kier alpha value is -3.26. The van der Waals surface area contributed by atoms with Crippen molar-refractivity contribution in [1.29, 1.82) is 0 Å². The zero-order chi connectivity index (χ0) is 27.3. The molecule has 0 heterocycles. The van der Waals surface area contributed by atoms with Crippen LogP contribution in [0.15, 0.2) is 108 Å². The van der Waals surface area contributed by atoms with Crippen molar-refractivity contribution in [3.8, 4) is 5.75 Å². The molecule has 1 unspecified atom stereocenters. The van der Waals surface area contributed by atoms with Gasteiger partial charge in [-0.15, -0.1) is 0 Å². The minimum atomic E-state index is 0.122. The Morgan fingerprint density at radius 2 is 1.10 bits per heavy atom. The van der Waals surface area contributed by atoms with E-state index in [1.165, 1.54) is 80.9 Å². The molecular weight excluding hydrogens is 488 g/mol. The number of hydrogen-bond donors (Lipinski definition) is 0. The van der Waals surface area contributed by atoms with E-state index in [4.69, 9.17) is 9.47 Å². The third-order valence-corrected chi connectivity index (χ3v) is 9.98. The van der Waals surface area contributed by atoms with E-state index < -0.39 is 0 Å². The molecule has 0 radical (unpaired) electrons. The third-order valence-electron chi connectivity index (χ3n) is 9.98. The Labute approximate surface area is 241 Å². The van der Waals surface area contributed by atoms with E-state index in [-0.39, 0.29) is 17.6 Å². The normalized spacial score (nSPS) is 22.1. The monoisotopic (exact) mass is 532 g/mol. The van der Waals surface area contributed by atoms with Gasteiger partial charge in [-0.25, -0.2) is 0 Å². The number of rotatable bonds is 8. The summed E-state index contributed by atoms with van der Waals surface area (Å²) in [7, 11) is 0. The molecule has 0 saturated heterocycles. The largest absolute Gasteiger partial charge is 0.462 e. The minimum Gasteiger partial charge on any atom is -0.462 e. The van der Waals surface area contributed by atoms with E-state index in [1.807, 2.05) is 0 Å². The number of allylic oxidation sites excluding steroid dienone is 4. The van der Waals surface area contributed by atoms with Gasteiger partial charge >= 0.3 is 0 Å². The van der Waals surface area contributed by atoms with Gasteiger partial charge in [0.15, 0.2) is 0 Å². The zero-order valence-corrected chi connectivity index (χ0v) is 24.1. The van der Waals surface area contributed by atoms with Crippen molar-refractivity contribution in [2.24, 2.45) is 5.92 Å². The van der Waals surface area contributed by atoms with Gasteiger partial charge in [0.2, 0.25) is 6.79 Å². The molecule has 3 aliphatic carbocycles. The minimum absolute atomic E-state index is 0.122. The van der Waals surface area contributed by atoms with Crippen molar-refractivity contribution in [2.75, 3.05) is 6.79 Å². The predicted molar refractivity (Wildman–Crippen MR) is 164 cm³/mol. The van der Waals surface area contributed by atoms with Crippen molar-refractivity contribution in [3.63, 3.8) is 0 Å². The van der Waals surface area contributed by atoms with E-state index in [1.54, 1.807) is 5.57 Å². The first-order valence-corrected chi connectivity index (χ1v) is 15.6. The summed E-state index contributed by atoms with van der Waals surface area (Å²) in [4.78, 5) is 0. The van der Waals surface area contributed by atoms with Crippen LogP contribution in [0.25, 0.3) is 0 Å². The molecule has 208 valence electrons. The van der Waals surface area contributed by atoms with Crippen molar-refractivity contribution in [2.45, 2.75) is 88.4 Å². The maximum absolute atomic E-state index is 6.16. The first-order valence-electron chi connectivity index (χ1n) is 15.6. The van der Waals surface area contributed by atoms with Gasteiger partial charge in [0, 0.05) is 17.3 Å². The maximum atomic E-state index is 6.16. The SMILES string of the molecule is CC1CC(OCOc2ccc(C3(c4ccccc4)CCCCC3)cc2)=CC=C1C1(c2ccccc2)CCCCC1. The quantitative estimate of drug-likeness (QED) is 0.269. The molecule has 0 spiro atoms. The van der Waals surface area contributed by atoms with Crippen molar-refractivity contribution >= 4 is 0 Å². The average Bonchev–Trinajstić information content (AvgIpc) is 3.03. The number of hydrogen-bond acceptors (Lipinski definition) is 2. The lowest BCUT2D eigenvalue weighted by Gasteiger charge is -2.43. The van der Waals surface area contributed by atoms with Crippen molar-refractivity contribution < 1.29 is 9.47 Å². The number of ether oxygens (including phenoxy) is 2. The molecule has 3 aromatic rings. The van der Waals surface area contributed by atoms with Crippen LogP contribution in [0.4, 0.5) is 0 Å². The predicted octanol–water partition coefficient (Wildman–Crippen LogP) is 10.0. The molecule has 2 saturated carbocycles. The summed E-state index contributed by atoms with van der Waals surface area (Å²) < 4.78 is 12.2. The second-order valence-corrected chi connectivity index (χ2v) is 12.3. The van der Waals surface area contributed by atoms with E-state index in [0.717, 1.165) is 17.9 Å². The number of benzene rings is 3.